The molecule has 0 aliphatic carbocycles. The highest BCUT2D eigenvalue weighted by Crippen LogP contribution is 2.38. The third kappa shape index (κ3) is 2.29. The molecular weight excluding hydrogens is 246 g/mol. The van der Waals surface area contributed by atoms with Gasteiger partial charge in [-0.1, -0.05) is 23.4 Å². The predicted octanol–water partition coefficient (Wildman–Crippen LogP) is 1.65. The average molecular weight is 259 g/mol. The Kier molecular flexibility index (Phi) is 2.91. The molecule has 98 valence electrons. The van der Waals surface area contributed by atoms with Crippen LogP contribution in [0.3, 0.4) is 0 Å². The van der Waals surface area contributed by atoms with Crippen LogP contribution in [0.5, 0.6) is 0 Å². The molecule has 0 amide bonds. The Balaban J connectivity index is 1.86. The van der Waals surface area contributed by atoms with Gasteiger partial charge in [0, 0.05) is 18.2 Å². The van der Waals surface area contributed by atoms with Gasteiger partial charge < -0.3 is 14.5 Å². The number of aromatic nitrogens is 2. The van der Waals surface area contributed by atoms with Crippen LogP contribution in [0.2, 0.25) is 0 Å². The van der Waals surface area contributed by atoms with Gasteiger partial charge in [-0.25, -0.2) is 0 Å². The lowest BCUT2D eigenvalue weighted by molar-refractivity contribution is -0.137. The highest BCUT2D eigenvalue weighted by molar-refractivity contribution is 5.71. The molecule has 19 heavy (non-hydrogen) atoms. The minimum Gasteiger partial charge on any atom is -0.481 e. The van der Waals surface area contributed by atoms with E-state index in [1.807, 2.05) is 24.3 Å². The smallest absolute Gasteiger partial charge is 0.304 e. The molecule has 1 aromatic carbocycles. The lowest BCUT2D eigenvalue weighted by Gasteiger charge is -2.17. The first-order valence-electron chi connectivity index (χ1n) is 6.05. The Labute approximate surface area is 109 Å². The second-order valence-corrected chi connectivity index (χ2v) is 4.57. The molecule has 0 saturated heterocycles. The predicted molar refractivity (Wildman–Crippen MR) is 66.8 cm³/mol. The lowest BCUT2D eigenvalue weighted by Crippen LogP contribution is -2.22. The molecule has 1 aliphatic rings. The fraction of sp³-hybridized carbons (Fsp3) is 0.308. The maximum absolute atomic E-state index is 10.9. The number of carboxylic acids is 1. The molecule has 1 aliphatic heterocycles. The fourth-order valence-corrected chi connectivity index (χ4v) is 2.55. The number of para-hydroxylation sites is 1. The van der Waals surface area contributed by atoms with Crippen molar-refractivity contribution in [3.8, 4) is 0 Å². The number of anilines is 1. The van der Waals surface area contributed by atoms with Gasteiger partial charge in [0.15, 0.2) is 6.33 Å². The van der Waals surface area contributed by atoms with Crippen LogP contribution in [-0.4, -0.2) is 27.8 Å². The van der Waals surface area contributed by atoms with Gasteiger partial charge in [0.25, 0.3) is 0 Å². The van der Waals surface area contributed by atoms with Crippen LogP contribution in [0.1, 0.15) is 23.8 Å². The van der Waals surface area contributed by atoms with Gasteiger partial charge in [0.05, 0.1) is 13.0 Å². The summed E-state index contributed by atoms with van der Waals surface area (Å²) in [6, 6.07) is 7.86. The zero-order valence-electron chi connectivity index (χ0n) is 10.2. The van der Waals surface area contributed by atoms with Crippen LogP contribution in [-0.2, 0) is 11.3 Å². The highest BCUT2D eigenvalue weighted by atomic mass is 16.5. The lowest BCUT2D eigenvalue weighted by atomic mass is 9.98. The quantitative estimate of drug-likeness (QED) is 0.899. The summed E-state index contributed by atoms with van der Waals surface area (Å²) in [6.07, 6.45) is 1.50. The van der Waals surface area contributed by atoms with Crippen molar-refractivity contribution in [1.29, 1.82) is 0 Å². The number of hydrogen-bond acceptors (Lipinski definition) is 5. The minimum atomic E-state index is -0.778. The van der Waals surface area contributed by atoms with Crippen molar-refractivity contribution in [3.05, 3.63) is 42.0 Å². The van der Waals surface area contributed by atoms with Crippen molar-refractivity contribution in [2.75, 3.05) is 11.4 Å². The van der Waals surface area contributed by atoms with E-state index in [0.29, 0.717) is 19.0 Å². The number of rotatable bonds is 4. The first kappa shape index (κ1) is 11.7. The molecule has 0 spiro atoms. The Hall–Kier alpha value is -2.37. The van der Waals surface area contributed by atoms with E-state index in [-0.39, 0.29) is 12.3 Å². The summed E-state index contributed by atoms with van der Waals surface area (Å²) in [6.45, 7) is 1.17. The number of benzene rings is 1. The fourth-order valence-electron chi connectivity index (χ4n) is 2.55. The van der Waals surface area contributed by atoms with Gasteiger partial charge >= 0.3 is 5.97 Å². The number of fused-ring (bicyclic) bond motifs is 1. The van der Waals surface area contributed by atoms with Gasteiger partial charge in [-0.3, -0.25) is 4.79 Å². The van der Waals surface area contributed by atoms with Gasteiger partial charge in [-0.05, 0) is 11.6 Å². The largest absolute Gasteiger partial charge is 0.481 e. The average Bonchev–Trinajstić information content (AvgIpc) is 2.99. The van der Waals surface area contributed by atoms with E-state index in [1.165, 1.54) is 6.33 Å². The summed E-state index contributed by atoms with van der Waals surface area (Å²) in [5, 5.41) is 12.6. The molecule has 1 N–H and O–H groups in total. The third-order valence-corrected chi connectivity index (χ3v) is 3.31. The van der Waals surface area contributed by atoms with Crippen LogP contribution in [0.15, 0.2) is 35.1 Å². The van der Waals surface area contributed by atoms with Crippen molar-refractivity contribution < 1.29 is 14.4 Å². The summed E-state index contributed by atoms with van der Waals surface area (Å²) < 4.78 is 5.01. The SMILES string of the molecule is O=C(O)CC1CN(Cc2ncno2)c2ccccc21. The Morgan fingerprint density at radius 1 is 1.47 bits per heavy atom. The molecule has 0 saturated carbocycles. The molecule has 2 aromatic rings. The summed E-state index contributed by atoms with van der Waals surface area (Å²) in [5.74, 6) is -0.234. The van der Waals surface area contributed by atoms with Gasteiger partial charge in [0.1, 0.15) is 0 Å². The third-order valence-electron chi connectivity index (χ3n) is 3.31. The van der Waals surface area contributed by atoms with E-state index in [4.69, 9.17) is 9.63 Å². The number of hydrogen-bond donors (Lipinski definition) is 1. The zero-order chi connectivity index (χ0) is 13.2. The van der Waals surface area contributed by atoms with Crippen molar-refractivity contribution in [2.45, 2.75) is 18.9 Å². The van der Waals surface area contributed by atoms with Crippen molar-refractivity contribution in [2.24, 2.45) is 0 Å². The van der Waals surface area contributed by atoms with Crippen molar-refractivity contribution >= 4 is 11.7 Å². The normalized spacial score (nSPS) is 17.5. The minimum absolute atomic E-state index is 0.0108. The van der Waals surface area contributed by atoms with Crippen LogP contribution in [0.25, 0.3) is 0 Å². The number of carboxylic acid groups (broad SMARTS) is 1. The molecule has 0 radical (unpaired) electrons. The summed E-state index contributed by atoms with van der Waals surface area (Å²) in [5.41, 5.74) is 2.12. The Morgan fingerprint density at radius 2 is 2.32 bits per heavy atom. The molecule has 6 nitrogen and oxygen atoms in total. The Morgan fingerprint density at radius 3 is 3.05 bits per heavy atom. The molecule has 1 unspecified atom stereocenters. The molecule has 1 atom stereocenters. The van der Waals surface area contributed by atoms with Crippen molar-refractivity contribution in [1.82, 2.24) is 10.1 Å². The van der Waals surface area contributed by atoms with Crippen LogP contribution < -0.4 is 4.90 Å². The van der Waals surface area contributed by atoms with E-state index in [9.17, 15) is 4.79 Å². The van der Waals surface area contributed by atoms with Crippen LogP contribution in [0, 0.1) is 0 Å². The van der Waals surface area contributed by atoms with E-state index < -0.39 is 5.97 Å². The second kappa shape index (κ2) is 4.72. The van der Waals surface area contributed by atoms with Gasteiger partial charge in [-0.2, -0.15) is 4.98 Å². The molecule has 3 rings (SSSR count). The van der Waals surface area contributed by atoms with Gasteiger partial charge in [0.2, 0.25) is 5.89 Å². The molecule has 0 fully saturated rings. The summed E-state index contributed by atoms with van der Waals surface area (Å²) in [7, 11) is 0. The summed E-state index contributed by atoms with van der Waals surface area (Å²) >= 11 is 0. The molecule has 1 aromatic heterocycles. The second-order valence-electron chi connectivity index (χ2n) is 4.57. The monoisotopic (exact) mass is 259 g/mol. The standard InChI is InChI=1S/C13H13N3O3/c17-13(18)5-9-6-16(7-12-14-8-15-19-12)11-4-2-1-3-10(9)11/h1-4,8-9H,5-7H2,(H,17,18). The molecule has 0 bridgehead atoms. The van der Waals surface area contributed by atoms with E-state index in [1.54, 1.807) is 0 Å². The van der Waals surface area contributed by atoms with E-state index in [2.05, 4.69) is 15.0 Å². The molecule has 6 heteroatoms. The summed E-state index contributed by atoms with van der Waals surface area (Å²) in [4.78, 5) is 17.0. The van der Waals surface area contributed by atoms with Crippen LogP contribution >= 0.6 is 0 Å². The maximum atomic E-state index is 10.9. The van der Waals surface area contributed by atoms with Crippen molar-refractivity contribution in [3.63, 3.8) is 0 Å². The van der Waals surface area contributed by atoms with Crippen LogP contribution in [0.4, 0.5) is 5.69 Å². The topological polar surface area (TPSA) is 79.5 Å². The van der Waals surface area contributed by atoms with E-state index >= 15 is 0 Å². The zero-order valence-corrected chi connectivity index (χ0v) is 10.2. The number of carbonyl (C=O) groups is 1. The maximum Gasteiger partial charge on any atom is 0.304 e. The highest BCUT2D eigenvalue weighted by Gasteiger charge is 2.30. The van der Waals surface area contributed by atoms with Gasteiger partial charge in [-0.15, -0.1) is 0 Å². The first-order valence-corrected chi connectivity index (χ1v) is 6.05. The Bertz CT molecular complexity index is 583. The number of aliphatic carboxylic acids is 1. The molecular formula is C13H13N3O3. The molecule has 2 heterocycles. The number of nitrogens with zero attached hydrogens (tertiary/aromatic N) is 3. The first-order chi connectivity index (χ1) is 9.24. The van der Waals surface area contributed by atoms with E-state index in [0.717, 1.165) is 11.3 Å².